The number of aromatic amines is 1. The summed E-state index contributed by atoms with van der Waals surface area (Å²) in [5.41, 5.74) is 1.07. The molecule has 0 atom stereocenters. The highest BCUT2D eigenvalue weighted by molar-refractivity contribution is 7.71. The largest absolute Gasteiger partial charge is 0.374 e. The number of aromatic nitrogens is 2. The van der Waals surface area contributed by atoms with Crippen LogP contribution in [-0.4, -0.2) is 17.0 Å². The number of nitrogens with one attached hydrogen (secondary N) is 2. The number of rotatable bonds is 1. The Morgan fingerprint density at radius 3 is 2.90 bits per heavy atom. The molecule has 10 heavy (non-hydrogen) atoms. The van der Waals surface area contributed by atoms with E-state index in [1.165, 1.54) is 0 Å². The van der Waals surface area contributed by atoms with Crippen molar-refractivity contribution in [2.24, 2.45) is 0 Å². The molecule has 0 aliphatic heterocycles. The molecular weight excluding hydrogens is 146 g/mol. The van der Waals surface area contributed by atoms with E-state index in [0.29, 0.717) is 4.77 Å². The second kappa shape index (κ2) is 2.79. The van der Waals surface area contributed by atoms with Gasteiger partial charge in [-0.2, -0.15) is 0 Å². The molecule has 0 spiro atoms. The van der Waals surface area contributed by atoms with Crippen molar-refractivity contribution in [3.05, 3.63) is 16.5 Å². The summed E-state index contributed by atoms with van der Waals surface area (Å²) in [6.07, 6.45) is 1.74. The zero-order valence-corrected chi connectivity index (χ0v) is 6.75. The number of hydrogen-bond acceptors (Lipinski definition) is 3. The summed E-state index contributed by atoms with van der Waals surface area (Å²) >= 11 is 4.82. The predicted octanol–water partition coefficient (Wildman–Crippen LogP) is 1.49. The van der Waals surface area contributed by atoms with Crippen LogP contribution in [0.2, 0.25) is 0 Å². The summed E-state index contributed by atoms with van der Waals surface area (Å²) in [5.74, 6) is 0.931. The van der Waals surface area contributed by atoms with Crippen LogP contribution < -0.4 is 5.32 Å². The third-order valence-corrected chi connectivity index (χ3v) is 1.46. The summed E-state index contributed by atoms with van der Waals surface area (Å²) in [6.45, 7) is 1.96. The van der Waals surface area contributed by atoms with E-state index in [1.807, 2.05) is 14.0 Å². The van der Waals surface area contributed by atoms with Gasteiger partial charge in [-0.1, -0.05) is 0 Å². The Balaban J connectivity index is 3.22. The molecule has 4 heteroatoms. The van der Waals surface area contributed by atoms with Gasteiger partial charge in [-0.05, 0) is 19.1 Å². The van der Waals surface area contributed by atoms with Crippen LogP contribution in [0.5, 0.6) is 0 Å². The van der Waals surface area contributed by atoms with Crippen LogP contribution in [0.3, 0.4) is 0 Å². The number of hydrogen-bond donors (Lipinski definition) is 2. The lowest BCUT2D eigenvalue weighted by molar-refractivity contribution is 1.10. The lowest BCUT2D eigenvalue weighted by Crippen LogP contribution is -1.96. The summed E-state index contributed by atoms with van der Waals surface area (Å²) in [7, 11) is 1.84. The lowest BCUT2D eigenvalue weighted by atomic mass is 10.3. The summed E-state index contributed by atoms with van der Waals surface area (Å²) in [5, 5.41) is 2.97. The minimum atomic E-state index is 0.509. The van der Waals surface area contributed by atoms with Gasteiger partial charge in [0.15, 0.2) is 4.77 Å². The predicted molar refractivity (Wildman–Crippen MR) is 43.7 cm³/mol. The zero-order valence-electron chi connectivity index (χ0n) is 5.93. The highest BCUT2D eigenvalue weighted by atomic mass is 32.1. The summed E-state index contributed by atoms with van der Waals surface area (Å²) in [6, 6.07) is 0. The first-order valence-corrected chi connectivity index (χ1v) is 3.38. The third kappa shape index (κ3) is 1.33. The van der Waals surface area contributed by atoms with Crippen molar-refractivity contribution >= 4 is 18.0 Å². The Hall–Kier alpha value is -0.900. The second-order valence-corrected chi connectivity index (χ2v) is 2.38. The first-order chi connectivity index (χ1) is 4.74. The molecule has 0 saturated carbocycles. The van der Waals surface area contributed by atoms with Crippen LogP contribution in [0.25, 0.3) is 0 Å². The van der Waals surface area contributed by atoms with Gasteiger partial charge >= 0.3 is 0 Å². The molecule has 1 aromatic heterocycles. The minimum absolute atomic E-state index is 0.509. The molecule has 1 aromatic rings. The van der Waals surface area contributed by atoms with Gasteiger partial charge in [0.25, 0.3) is 0 Å². The molecule has 0 aromatic carbocycles. The Morgan fingerprint density at radius 1 is 1.70 bits per heavy atom. The Bertz CT molecular complexity index is 279. The monoisotopic (exact) mass is 155 g/mol. The van der Waals surface area contributed by atoms with Crippen LogP contribution >= 0.6 is 12.2 Å². The molecule has 0 radical (unpaired) electrons. The van der Waals surface area contributed by atoms with Crippen molar-refractivity contribution in [3.63, 3.8) is 0 Å². The molecule has 0 amide bonds. The van der Waals surface area contributed by atoms with Crippen LogP contribution in [0.4, 0.5) is 5.82 Å². The third-order valence-electron chi connectivity index (χ3n) is 1.25. The molecule has 1 rings (SSSR count). The molecule has 1 heterocycles. The van der Waals surface area contributed by atoms with E-state index < -0.39 is 0 Å². The van der Waals surface area contributed by atoms with Gasteiger partial charge < -0.3 is 10.3 Å². The molecule has 0 unspecified atom stereocenters. The molecule has 0 saturated heterocycles. The van der Waals surface area contributed by atoms with E-state index >= 15 is 0 Å². The Labute approximate surface area is 64.5 Å². The molecule has 0 aliphatic carbocycles. The summed E-state index contributed by atoms with van der Waals surface area (Å²) < 4.78 is 0.509. The number of nitrogens with zero attached hydrogens (tertiary/aromatic N) is 1. The highest BCUT2D eigenvalue weighted by Gasteiger charge is 1.92. The smallest absolute Gasteiger partial charge is 0.198 e. The molecule has 54 valence electrons. The Morgan fingerprint density at radius 2 is 2.40 bits per heavy atom. The standard InChI is InChI=1S/C6H9N3S/c1-4-3-8-6(10)9-5(4)7-2/h3H,1-2H3,(H2,7,8,9,10). The van der Waals surface area contributed by atoms with Crippen LogP contribution in [-0.2, 0) is 0 Å². The maximum absolute atomic E-state index is 4.82. The SMILES string of the molecule is CNc1[nH]c(=S)ncc1C. The van der Waals surface area contributed by atoms with Gasteiger partial charge in [0.2, 0.25) is 0 Å². The minimum Gasteiger partial charge on any atom is -0.374 e. The highest BCUT2D eigenvalue weighted by Crippen LogP contribution is 2.05. The van der Waals surface area contributed by atoms with E-state index in [1.54, 1.807) is 6.20 Å². The van der Waals surface area contributed by atoms with Crippen molar-refractivity contribution in [2.45, 2.75) is 6.92 Å². The fourth-order valence-electron chi connectivity index (χ4n) is 0.717. The van der Waals surface area contributed by atoms with Crippen molar-refractivity contribution < 1.29 is 0 Å². The first-order valence-electron chi connectivity index (χ1n) is 2.97. The van der Waals surface area contributed by atoms with Gasteiger partial charge in [-0.25, -0.2) is 4.98 Å². The molecule has 2 N–H and O–H groups in total. The van der Waals surface area contributed by atoms with Crippen LogP contribution in [0.15, 0.2) is 6.20 Å². The van der Waals surface area contributed by atoms with E-state index in [-0.39, 0.29) is 0 Å². The average Bonchev–Trinajstić information content (AvgIpc) is 1.94. The maximum atomic E-state index is 4.82. The summed E-state index contributed by atoms with van der Waals surface area (Å²) in [4.78, 5) is 6.82. The fraction of sp³-hybridized carbons (Fsp3) is 0.333. The average molecular weight is 155 g/mol. The zero-order chi connectivity index (χ0) is 7.56. The number of H-pyrrole nitrogens is 1. The van der Waals surface area contributed by atoms with Gasteiger partial charge in [0.05, 0.1) is 0 Å². The van der Waals surface area contributed by atoms with E-state index in [9.17, 15) is 0 Å². The van der Waals surface area contributed by atoms with E-state index in [0.717, 1.165) is 11.4 Å². The quantitative estimate of drug-likeness (QED) is 0.604. The molecule has 0 aliphatic rings. The lowest BCUT2D eigenvalue weighted by Gasteiger charge is -2.01. The number of aryl methyl sites for hydroxylation is 1. The van der Waals surface area contributed by atoms with E-state index in [4.69, 9.17) is 12.2 Å². The Kier molecular flexibility index (Phi) is 2.01. The fourth-order valence-corrected chi connectivity index (χ4v) is 0.872. The van der Waals surface area contributed by atoms with Crippen molar-refractivity contribution in [2.75, 3.05) is 12.4 Å². The molecule has 3 nitrogen and oxygen atoms in total. The second-order valence-electron chi connectivity index (χ2n) is 2.00. The van der Waals surface area contributed by atoms with Gasteiger partial charge in [0, 0.05) is 18.8 Å². The molecule has 0 fully saturated rings. The van der Waals surface area contributed by atoms with E-state index in [2.05, 4.69) is 15.3 Å². The topological polar surface area (TPSA) is 40.7 Å². The molecular formula is C6H9N3S. The van der Waals surface area contributed by atoms with Crippen molar-refractivity contribution in [3.8, 4) is 0 Å². The normalized spacial score (nSPS) is 9.40. The molecule has 0 bridgehead atoms. The first kappa shape index (κ1) is 7.21. The van der Waals surface area contributed by atoms with Crippen LogP contribution in [0, 0.1) is 11.7 Å². The number of anilines is 1. The van der Waals surface area contributed by atoms with Crippen molar-refractivity contribution in [1.82, 2.24) is 9.97 Å². The van der Waals surface area contributed by atoms with Crippen LogP contribution in [0.1, 0.15) is 5.56 Å². The maximum Gasteiger partial charge on any atom is 0.198 e. The van der Waals surface area contributed by atoms with Gasteiger partial charge in [0.1, 0.15) is 5.82 Å². The van der Waals surface area contributed by atoms with Gasteiger partial charge in [-0.15, -0.1) is 0 Å². The van der Waals surface area contributed by atoms with Crippen molar-refractivity contribution in [1.29, 1.82) is 0 Å². The van der Waals surface area contributed by atoms with Gasteiger partial charge in [-0.3, -0.25) is 0 Å².